The van der Waals surface area contributed by atoms with Gasteiger partial charge < -0.3 is 14.2 Å². The molecule has 6 nitrogen and oxygen atoms in total. The molecule has 426 valence electrons. The molecule has 0 aliphatic carbocycles. The summed E-state index contributed by atoms with van der Waals surface area (Å²) in [5.41, 5.74) is 0. The van der Waals surface area contributed by atoms with E-state index in [-0.39, 0.29) is 31.1 Å². The van der Waals surface area contributed by atoms with Gasteiger partial charge in [0.05, 0.1) is 0 Å². The Labute approximate surface area is 462 Å². The number of unbranched alkanes of at least 4 members (excludes halogenated alkanes) is 24. The van der Waals surface area contributed by atoms with Gasteiger partial charge in [-0.1, -0.05) is 271 Å². The summed E-state index contributed by atoms with van der Waals surface area (Å²) in [6.07, 6.45) is 86.3. The number of carbonyl (C=O) groups is 3. The van der Waals surface area contributed by atoms with Crippen LogP contribution in [0.1, 0.15) is 278 Å². The van der Waals surface area contributed by atoms with Crippen molar-refractivity contribution in [1.82, 2.24) is 0 Å². The van der Waals surface area contributed by atoms with Crippen LogP contribution in [-0.4, -0.2) is 37.2 Å². The molecule has 0 radical (unpaired) electrons. The monoisotopic (exact) mass is 1040 g/mol. The zero-order chi connectivity index (χ0) is 54.3. The maximum absolute atomic E-state index is 12.9. The SMILES string of the molecule is CC/C=C\C/C=C\C/C=C\C/C=C\C/C=C\C/C=C\C/C=C\C/C=C\CCCCCCC(=O)OCC(COC(=O)CCCCCCC/C=C\C/C=C\CCC)OC(=O)CCCCCCCCCCCCCCCCC. The first-order valence-corrected chi connectivity index (χ1v) is 31.0. The zero-order valence-corrected chi connectivity index (χ0v) is 48.8. The van der Waals surface area contributed by atoms with Gasteiger partial charge in [-0.2, -0.15) is 0 Å². The van der Waals surface area contributed by atoms with Crippen molar-refractivity contribution in [1.29, 1.82) is 0 Å². The van der Waals surface area contributed by atoms with Gasteiger partial charge in [0.25, 0.3) is 0 Å². The Morgan fingerprint density at radius 1 is 0.280 bits per heavy atom. The number of ether oxygens (including phenoxy) is 3. The molecule has 6 heteroatoms. The van der Waals surface area contributed by atoms with E-state index >= 15 is 0 Å². The van der Waals surface area contributed by atoms with E-state index in [2.05, 4.69) is 142 Å². The molecule has 0 N–H and O–H groups in total. The molecule has 1 atom stereocenters. The molecule has 1 unspecified atom stereocenters. The Kier molecular flexibility index (Phi) is 58.9. The average molecular weight is 1040 g/mol. The highest BCUT2D eigenvalue weighted by Gasteiger charge is 2.19. The lowest BCUT2D eigenvalue weighted by Crippen LogP contribution is -2.30. The van der Waals surface area contributed by atoms with Crippen molar-refractivity contribution in [2.45, 2.75) is 284 Å². The van der Waals surface area contributed by atoms with Crippen LogP contribution in [0.3, 0.4) is 0 Å². The third-order valence-electron chi connectivity index (χ3n) is 12.9. The molecule has 0 bridgehead atoms. The van der Waals surface area contributed by atoms with Crippen LogP contribution in [-0.2, 0) is 28.6 Å². The number of carbonyl (C=O) groups excluding carboxylic acids is 3. The van der Waals surface area contributed by atoms with Gasteiger partial charge in [0.2, 0.25) is 0 Å². The van der Waals surface area contributed by atoms with E-state index in [1.807, 2.05) is 0 Å². The molecule has 0 spiro atoms. The number of hydrogen-bond donors (Lipinski definition) is 0. The van der Waals surface area contributed by atoms with Crippen molar-refractivity contribution in [3.8, 4) is 0 Å². The van der Waals surface area contributed by atoms with E-state index in [1.54, 1.807) is 0 Å². The van der Waals surface area contributed by atoms with E-state index in [0.717, 1.165) is 154 Å². The normalized spacial score (nSPS) is 12.9. The summed E-state index contributed by atoms with van der Waals surface area (Å²) in [6.45, 7) is 6.44. The first-order chi connectivity index (χ1) is 37.0. The molecule has 0 aliphatic rings. The first kappa shape index (κ1) is 70.8. The number of rotatable bonds is 55. The lowest BCUT2D eigenvalue weighted by atomic mass is 10.0. The molecule has 75 heavy (non-hydrogen) atoms. The fraction of sp³-hybridized carbons (Fsp3) is 0.667. The summed E-state index contributed by atoms with van der Waals surface area (Å²) in [5, 5.41) is 0. The largest absolute Gasteiger partial charge is 0.462 e. The Morgan fingerprint density at radius 2 is 0.547 bits per heavy atom. The second kappa shape index (κ2) is 62.4. The molecular formula is C69H114O6. The Morgan fingerprint density at radius 3 is 0.867 bits per heavy atom. The fourth-order valence-electron chi connectivity index (χ4n) is 8.32. The Balaban J connectivity index is 4.37. The smallest absolute Gasteiger partial charge is 0.306 e. The number of hydrogen-bond acceptors (Lipinski definition) is 6. The minimum absolute atomic E-state index is 0.0938. The Bertz CT molecular complexity index is 1570. The van der Waals surface area contributed by atoms with E-state index in [4.69, 9.17) is 14.2 Å². The van der Waals surface area contributed by atoms with E-state index in [9.17, 15) is 14.4 Å². The van der Waals surface area contributed by atoms with Crippen LogP contribution in [0.25, 0.3) is 0 Å². The van der Waals surface area contributed by atoms with Crippen molar-refractivity contribution >= 4 is 17.9 Å². The molecule has 0 amide bonds. The van der Waals surface area contributed by atoms with Gasteiger partial charge in [-0.05, 0) is 109 Å². The van der Waals surface area contributed by atoms with E-state index in [1.165, 1.54) is 83.5 Å². The van der Waals surface area contributed by atoms with Gasteiger partial charge in [-0.25, -0.2) is 0 Å². The molecule has 0 aliphatic heterocycles. The van der Waals surface area contributed by atoms with Crippen LogP contribution >= 0.6 is 0 Å². The standard InChI is InChI=1S/C69H114O6/c1-4-7-10-13-16-19-22-25-27-28-29-30-31-32-33-34-35-36-37-38-39-40-42-44-47-50-53-56-59-62-68(71)74-65-66(64-73-67(70)61-58-55-52-49-46-43-24-21-18-15-12-9-6-3)75-69(72)63-60-57-54-51-48-45-41-26-23-20-17-14-11-8-5-2/h7,10,12,15-16,19,21,24-25,27,29-30,32-33,35-36,38-39,42,44,66H,4-6,8-9,11,13-14,17-18,20,22-23,26,28,31,34,37,40-41,43,45-65H2,1-3H3/b10-7-,15-12-,19-16-,24-21-,27-25-,30-29-,33-32-,36-35-,39-38-,44-42-. The summed E-state index contributed by atoms with van der Waals surface area (Å²) in [5.74, 6) is -0.928. The minimum atomic E-state index is -0.796. The van der Waals surface area contributed by atoms with Crippen LogP contribution in [0.4, 0.5) is 0 Å². The summed E-state index contributed by atoms with van der Waals surface area (Å²) < 4.78 is 16.9. The topological polar surface area (TPSA) is 78.9 Å². The predicted octanol–water partition coefficient (Wildman–Crippen LogP) is 21.2. The second-order valence-electron chi connectivity index (χ2n) is 20.2. The molecule has 0 fully saturated rings. The lowest BCUT2D eigenvalue weighted by Gasteiger charge is -2.18. The molecule has 0 rings (SSSR count). The maximum atomic E-state index is 12.9. The zero-order valence-electron chi connectivity index (χ0n) is 48.8. The lowest BCUT2D eigenvalue weighted by molar-refractivity contribution is -0.167. The molecule has 0 aromatic heterocycles. The summed E-state index contributed by atoms with van der Waals surface area (Å²) in [7, 11) is 0. The molecule has 0 saturated carbocycles. The van der Waals surface area contributed by atoms with Crippen LogP contribution in [0, 0.1) is 0 Å². The van der Waals surface area contributed by atoms with E-state index < -0.39 is 6.10 Å². The highest BCUT2D eigenvalue weighted by molar-refractivity contribution is 5.71. The van der Waals surface area contributed by atoms with Gasteiger partial charge in [-0.3, -0.25) is 14.4 Å². The highest BCUT2D eigenvalue weighted by atomic mass is 16.6. The van der Waals surface area contributed by atoms with Crippen molar-refractivity contribution in [3.63, 3.8) is 0 Å². The highest BCUT2D eigenvalue weighted by Crippen LogP contribution is 2.15. The van der Waals surface area contributed by atoms with Crippen LogP contribution in [0.15, 0.2) is 122 Å². The third-order valence-corrected chi connectivity index (χ3v) is 12.9. The molecule has 0 aromatic rings. The minimum Gasteiger partial charge on any atom is -0.462 e. The second-order valence-corrected chi connectivity index (χ2v) is 20.2. The van der Waals surface area contributed by atoms with Crippen LogP contribution in [0.5, 0.6) is 0 Å². The molecule has 0 aromatic carbocycles. The molecule has 0 saturated heterocycles. The quantitative estimate of drug-likeness (QED) is 0.0261. The fourth-order valence-corrected chi connectivity index (χ4v) is 8.32. The van der Waals surface area contributed by atoms with Gasteiger partial charge in [0, 0.05) is 19.3 Å². The molecular weight excluding hydrogens is 925 g/mol. The third kappa shape index (κ3) is 60.6. The Hall–Kier alpha value is -4.19. The number of esters is 3. The first-order valence-electron chi connectivity index (χ1n) is 31.0. The van der Waals surface area contributed by atoms with Crippen molar-refractivity contribution in [2.75, 3.05) is 13.2 Å². The van der Waals surface area contributed by atoms with Gasteiger partial charge in [-0.15, -0.1) is 0 Å². The van der Waals surface area contributed by atoms with Crippen LogP contribution in [0.2, 0.25) is 0 Å². The summed E-state index contributed by atoms with van der Waals surface area (Å²) in [4.78, 5) is 38.2. The summed E-state index contributed by atoms with van der Waals surface area (Å²) >= 11 is 0. The molecule has 0 heterocycles. The van der Waals surface area contributed by atoms with Crippen molar-refractivity contribution in [3.05, 3.63) is 122 Å². The van der Waals surface area contributed by atoms with Crippen LogP contribution < -0.4 is 0 Å². The average Bonchev–Trinajstić information content (AvgIpc) is 3.41. The van der Waals surface area contributed by atoms with Gasteiger partial charge in [0.15, 0.2) is 6.10 Å². The summed E-state index contributed by atoms with van der Waals surface area (Å²) in [6, 6.07) is 0. The van der Waals surface area contributed by atoms with Gasteiger partial charge in [0.1, 0.15) is 13.2 Å². The van der Waals surface area contributed by atoms with Crippen molar-refractivity contribution in [2.24, 2.45) is 0 Å². The van der Waals surface area contributed by atoms with E-state index in [0.29, 0.717) is 19.3 Å². The predicted molar refractivity (Wildman–Crippen MR) is 325 cm³/mol. The van der Waals surface area contributed by atoms with Crippen molar-refractivity contribution < 1.29 is 28.6 Å². The van der Waals surface area contributed by atoms with Gasteiger partial charge >= 0.3 is 17.9 Å². The maximum Gasteiger partial charge on any atom is 0.306 e. The number of allylic oxidation sites excluding steroid dienone is 20.